The van der Waals surface area contributed by atoms with Crippen LogP contribution in [0.4, 0.5) is 0 Å². The maximum atomic E-state index is 10.6. The van der Waals surface area contributed by atoms with Gasteiger partial charge in [-0.25, -0.2) is 4.79 Å². The van der Waals surface area contributed by atoms with Gasteiger partial charge in [-0.2, -0.15) is 0 Å². The third kappa shape index (κ3) is 4.40. The number of carbonyl (C=O) groups is 1. The van der Waals surface area contributed by atoms with Crippen LogP contribution in [0.1, 0.15) is 42.2 Å². The van der Waals surface area contributed by atoms with Gasteiger partial charge < -0.3 is 10.4 Å². The Labute approximate surface area is 95.7 Å². The molecule has 0 saturated heterocycles. The van der Waals surface area contributed by atoms with Crippen LogP contribution in [0.2, 0.25) is 0 Å². The van der Waals surface area contributed by atoms with Crippen LogP contribution < -0.4 is 5.32 Å². The number of nitrogens with zero attached hydrogens (tertiary/aromatic N) is 1. The molecule has 1 heterocycles. The van der Waals surface area contributed by atoms with E-state index < -0.39 is 5.97 Å². The lowest BCUT2D eigenvalue weighted by atomic mass is 10.2. The molecule has 0 unspecified atom stereocenters. The summed E-state index contributed by atoms with van der Waals surface area (Å²) in [5.41, 5.74) is 1.11. The van der Waals surface area contributed by atoms with Crippen LogP contribution in [0.25, 0.3) is 0 Å². The number of carboxylic acids is 1. The van der Waals surface area contributed by atoms with Gasteiger partial charge in [0.05, 0.1) is 11.3 Å². The SMILES string of the molecule is CCCCCNCc1ccc(C(=O)O)cn1. The summed E-state index contributed by atoms with van der Waals surface area (Å²) in [4.78, 5) is 14.7. The van der Waals surface area contributed by atoms with E-state index in [0.29, 0.717) is 6.54 Å². The molecule has 1 aromatic heterocycles. The van der Waals surface area contributed by atoms with E-state index in [1.165, 1.54) is 25.5 Å². The van der Waals surface area contributed by atoms with Gasteiger partial charge in [0.1, 0.15) is 0 Å². The Morgan fingerprint density at radius 2 is 2.25 bits per heavy atom. The first-order chi connectivity index (χ1) is 7.74. The summed E-state index contributed by atoms with van der Waals surface area (Å²) in [6.45, 7) is 3.85. The molecule has 0 radical (unpaired) electrons. The van der Waals surface area contributed by atoms with Gasteiger partial charge in [-0.15, -0.1) is 0 Å². The zero-order valence-electron chi connectivity index (χ0n) is 9.57. The smallest absolute Gasteiger partial charge is 0.337 e. The van der Waals surface area contributed by atoms with Crippen molar-refractivity contribution in [2.75, 3.05) is 6.54 Å². The van der Waals surface area contributed by atoms with Crippen LogP contribution in [0, 0.1) is 0 Å². The largest absolute Gasteiger partial charge is 0.478 e. The van der Waals surface area contributed by atoms with E-state index in [4.69, 9.17) is 5.11 Å². The fourth-order valence-electron chi connectivity index (χ4n) is 1.37. The zero-order valence-corrected chi connectivity index (χ0v) is 9.57. The zero-order chi connectivity index (χ0) is 11.8. The molecule has 0 amide bonds. The molecule has 1 rings (SSSR count). The molecule has 0 aromatic carbocycles. The highest BCUT2D eigenvalue weighted by atomic mass is 16.4. The number of hydrogen-bond donors (Lipinski definition) is 2. The van der Waals surface area contributed by atoms with E-state index in [-0.39, 0.29) is 5.56 Å². The number of aromatic carboxylic acids is 1. The minimum Gasteiger partial charge on any atom is -0.478 e. The maximum absolute atomic E-state index is 10.6. The van der Waals surface area contributed by atoms with Gasteiger partial charge in [-0.3, -0.25) is 4.98 Å². The highest BCUT2D eigenvalue weighted by molar-refractivity contribution is 5.87. The molecule has 4 nitrogen and oxygen atoms in total. The van der Waals surface area contributed by atoms with Gasteiger partial charge in [0.15, 0.2) is 0 Å². The molecule has 0 saturated carbocycles. The number of aromatic nitrogens is 1. The van der Waals surface area contributed by atoms with E-state index in [1.54, 1.807) is 12.1 Å². The molecule has 0 bridgehead atoms. The van der Waals surface area contributed by atoms with Crippen molar-refractivity contribution in [1.82, 2.24) is 10.3 Å². The Kier molecular flexibility index (Phi) is 5.50. The molecule has 4 heteroatoms. The topological polar surface area (TPSA) is 62.2 Å². The highest BCUT2D eigenvalue weighted by Crippen LogP contribution is 2.00. The Bertz CT molecular complexity index is 322. The molecule has 0 atom stereocenters. The number of hydrogen-bond acceptors (Lipinski definition) is 3. The second-order valence-corrected chi connectivity index (χ2v) is 3.73. The van der Waals surface area contributed by atoms with Gasteiger partial charge in [-0.1, -0.05) is 19.8 Å². The lowest BCUT2D eigenvalue weighted by molar-refractivity contribution is 0.0696. The lowest BCUT2D eigenvalue weighted by Gasteiger charge is -2.03. The summed E-state index contributed by atoms with van der Waals surface area (Å²) in [7, 11) is 0. The van der Waals surface area contributed by atoms with E-state index in [2.05, 4.69) is 17.2 Å². The molecule has 0 aliphatic heterocycles. The number of carboxylic acid groups (broad SMARTS) is 1. The molecule has 0 aliphatic rings. The molecule has 88 valence electrons. The molecular weight excluding hydrogens is 204 g/mol. The summed E-state index contributed by atoms with van der Waals surface area (Å²) in [5, 5.41) is 12.0. The number of pyridine rings is 1. The summed E-state index contributed by atoms with van der Waals surface area (Å²) < 4.78 is 0. The predicted octanol–water partition coefficient (Wildman–Crippen LogP) is 2.06. The van der Waals surface area contributed by atoms with Crippen LogP contribution in [0.15, 0.2) is 18.3 Å². The molecule has 1 aromatic rings. The minimum atomic E-state index is -0.935. The first-order valence-electron chi connectivity index (χ1n) is 5.63. The van der Waals surface area contributed by atoms with Crippen LogP contribution in [0.3, 0.4) is 0 Å². The Hall–Kier alpha value is -1.42. The Morgan fingerprint density at radius 3 is 2.81 bits per heavy atom. The van der Waals surface area contributed by atoms with Gasteiger partial charge in [0, 0.05) is 12.7 Å². The Balaban J connectivity index is 2.29. The van der Waals surface area contributed by atoms with Crippen molar-refractivity contribution in [3.05, 3.63) is 29.6 Å². The van der Waals surface area contributed by atoms with Gasteiger partial charge in [0.25, 0.3) is 0 Å². The van der Waals surface area contributed by atoms with Crippen LogP contribution in [0.5, 0.6) is 0 Å². The first kappa shape index (κ1) is 12.6. The minimum absolute atomic E-state index is 0.231. The van der Waals surface area contributed by atoms with Crippen LogP contribution >= 0.6 is 0 Å². The maximum Gasteiger partial charge on any atom is 0.337 e. The summed E-state index contributed by atoms with van der Waals surface area (Å²) in [5.74, 6) is -0.935. The molecule has 16 heavy (non-hydrogen) atoms. The third-order valence-electron chi connectivity index (χ3n) is 2.33. The van der Waals surface area contributed by atoms with Crippen molar-refractivity contribution in [1.29, 1.82) is 0 Å². The average molecular weight is 222 g/mol. The first-order valence-corrected chi connectivity index (χ1v) is 5.63. The van der Waals surface area contributed by atoms with Crippen molar-refractivity contribution >= 4 is 5.97 Å². The van der Waals surface area contributed by atoms with E-state index >= 15 is 0 Å². The summed E-state index contributed by atoms with van der Waals surface area (Å²) in [6, 6.07) is 3.33. The average Bonchev–Trinajstić information content (AvgIpc) is 2.29. The molecule has 0 spiro atoms. The van der Waals surface area contributed by atoms with Crippen molar-refractivity contribution in [3.8, 4) is 0 Å². The fourth-order valence-corrected chi connectivity index (χ4v) is 1.37. The van der Waals surface area contributed by atoms with Crippen LogP contribution in [-0.2, 0) is 6.54 Å². The van der Waals surface area contributed by atoms with Crippen LogP contribution in [-0.4, -0.2) is 22.6 Å². The monoisotopic (exact) mass is 222 g/mol. The van der Waals surface area contributed by atoms with Gasteiger partial charge in [0.2, 0.25) is 0 Å². The third-order valence-corrected chi connectivity index (χ3v) is 2.33. The number of unbranched alkanes of at least 4 members (excludes halogenated alkanes) is 2. The van der Waals surface area contributed by atoms with E-state index in [1.807, 2.05) is 0 Å². The van der Waals surface area contributed by atoms with Crippen molar-refractivity contribution in [2.45, 2.75) is 32.7 Å². The van der Waals surface area contributed by atoms with Gasteiger partial charge in [-0.05, 0) is 25.1 Å². The standard InChI is InChI=1S/C12H18N2O2/c1-2-3-4-7-13-9-11-6-5-10(8-14-11)12(15)16/h5-6,8,13H,2-4,7,9H2,1H3,(H,15,16). The quantitative estimate of drug-likeness (QED) is 0.693. The second-order valence-electron chi connectivity index (χ2n) is 3.73. The lowest BCUT2D eigenvalue weighted by Crippen LogP contribution is -2.15. The Morgan fingerprint density at radius 1 is 1.44 bits per heavy atom. The highest BCUT2D eigenvalue weighted by Gasteiger charge is 2.02. The molecule has 0 fully saturated rings. The normalized spacial score (nSPS) is 10.3. The van der Waals surface area contributed by atoms with E-state index in [9.17, 15) is 4.79 Å². The van der Waals surface area contributed by atoms with Crippen molar-refractivity contribution in [2.24, 2.45) is 0 Å². The molecule has 2 N–H and O–H groups in total. The number of nitrogens with one attached hydrogen (secondary N) is 1. The molecule has 0 aliphatic carbocycles. The number of rotatable bonds is 7. The van der Waals surface area contributed by atoms with Gasteiger partial charge >= 0.3 is 5.97 Å². The summed E-state index contributed by atoms with van der Waals surface area (Å²) in [6.07, 6.45) is 5.01. The fraction of sp³-hybridized carbons (Fsp3) is 0.500. The summed E-state index contributed by atoms with van der Waals surface area (Å²) >= 11 is 0. The van der Waals surface area contributed by atoms with Crippen molar-refractivity contribution in [3.63, 3.8) is 0 Å². The second kappa shape index (κ2) is 6.95. The van der Waals surface area contributed by atoms with E-state index in [0.717, 1.165) is 12.2 Å². The predicted molar refractivity (Wildman–Crippen MR) is 62.4 cm³/mol. The molecular formula is C12H18N2O2. The van der Waals surface area contributed by atoms with Crippen molar-refractivity contribution < 1.29 is 9.90 Å².